The summed E-state index contributed by atoms with van der Waals surface area (Å²) in [5, 5.41) is 25.6. The van der Waals surface area contributed by atoms with E-state index in [0.717, 1.165) is 15.3 Å². The van der Waals surface area contributed by atoms with Crippen molar-refractivity contribution in [3.8, 4) is 27.5 Å². The van der Waals surface area contributed by atoms with Crippen LogP contribution in [0, 0.1) is 6.92 Å². The lowest BCUT2D eigenvalue weighted by molar-refractivity contribution is 0.0688. The number of thioether (sulfide) groups is 1. The number of benzene rings is 2. The third-order valence-corrected chi connectivity index (χ3v) is 7.97. The average molecular weight is 534 g/mol. The average Bonchev–Trinajstić information content (AvgIpc) is 3.36. The monoisotopic (exact) mass is 533 g/mol. The first-order valence-electron chi connectivity index (χ1n) is 10.4. The molecule has 0 fully saturated rings. The van der Waals surface area contributed by atoms with Gasteiger partial charge in [0.1, 0.15) is 0 Å². The number of nitrogens with zero attached hydrogens (tertiary/aromatic N) is 3. The van der Waals surface area contributed by atoms with Crippen molar-refractivity contribution in [2.75, 3.05) is 0 Å². The minimum absolute atomic E-state index is 0.0322. The molecule has 0 radical (unpaired) electrons. The molecule has 0 saturated heterocycles. The molecule has 0 aliphatic heterocycles. The molecule has 0 atom stereocenters. The smallest absolute Gasteiger partial charge is 0.355 e. The van der Waals surface area contributed by atoms with Gasteiger partial charge in [-0.1, -0.05) is 78.7 Å². The Morgan fingerprint density at radius 2 is 1.79 bits per heavy atom. The largest absolute Gasteiger partial charge is 0.476 e. The highest BCUT2D eigenvalue weighted by molar-refractivity contribution is 8.01. The van der Waals surface area contributed by atoms with Crippen LogP contribution in [0.15, 0.2) is 46.7 Å². The van der Waals surface area contributed by atoms with E-state index < -0.39 is 5.97 Å². The summed E-state index contributed by atoms with van der Waals surface area (Å²) in [4.78, 5) is 17.2. The van der Waals surface area contributed by atoms with E-state index in [9.17, 15) is 15.0 Å². The second-order valence-electron chi connectivity index (χ2n) is 7.81. The Hall–Kier alpha value is -2.36. The third kappa shape index (κ3) is 4.87. The quantitative estimate of drug-likeness (QED) is 0.249. The van der Waals surface area contributed by atoms with Gasteiger partial charge in [-0.05, 0) is 30.2 Å². The van der Waals surface area contributed by atoms with Crippen molar-refractivity contribution in [2.45, 2.75) is 36.8 Å². The van der Waals surface area contributed by atoms with Crippen LogP contribution in [0.25, 0.3) is 27.5 Å². The minimum atomic E-state index is -1.11. The fourth-order valence-electron chi connectivity index (χ4n) is 3.49. The van der Waals surface area contributed by atoms with E-state index in [0.29, 0.717) is 37.7 Å². The Labute approximate surface area is 215 Å². The highest BCUT2D eigenvalue weighted by atomic mass is 35.5. The fraction of sp³-hybridized carbons (Fsp3) is 0.208. The summed E-state index contributed by atoms with van der Waals surface area (Å²) in [6.45, 7) is 5.85. The van der Waals surface area contributed by atoms with E-state index in [1.54, 1.807) is 55.1 Å². The van der Waals surface area contributed by atoms with E-state index in [4.69, 9.17) is 28.2 Å². The molecule has 2 heterocycles. The fourth-order valence-corrected chi connectivity index (χ4v) is 6.27. The van der Waals surface area contributed by atoms with Gasteiger partial charge in [0.25, 0.3) is 0 Å². The first kappa shape index (κ1) is 24.8. The Kier molecular flexibility index (Phi) is 7.35. The summed E-state index contributed by atoms with van der Waals surface area (Å²) in [5.41, 5.74) is 4.06. The molecule has 4 aromatic rings. The molecular formula is C24H21Cl2N3O3S2. The van der Waals surface area contributed by atoms with Crippen LogP contribution >= 0.6 is 46.3 Å². The van der Waals surface area contributed by atoms with Gasteiger partial charge in [0, 0.05) is 16.4 Å². The summed E-state index contributed by atoms with van der Waals surface area (Å²) >= 11 is 15.4. The van der Waals surface area contributed by atoms with Gasteiger partial charge < -0.3 is 10.2 Å². The molecule has 10 heteroatoms. The molecule has 0 aliphatic rings. The topological polar surface area (TPSA) is 88.2 Å². The van der Waals surface area contributed by atoms with Gasteiger partial charge >= 0.3 is 5.97 Å². The van der Waals surface area contributed by atoms with Gasteiger partial charge in [0.05, 0.1) is 32.2 Å². The lowest BCUT2D eigenvalue weighted by atomic mass is 10.0. The Morgan fingerprint density at radius 1 is 1.12 bits per heavy atom. The number of carboxylic acids is 1. The van der Waals surface area contributed by atoms with E-state index >= 15 is 0 Å². The number of halogens is 2. The number of rotatable bonds is 7. The lowest BCUT2D eigenvalue weighted by Gasteiger charge is -2.05. The van der Waals surface area contributed by atoms with Crippen LogP contribution in [-0.2, 0) is 6.61 Å². The normalized spacial score (nSPS) is 11.4. The molecule has 2 aromatic heterocycles. The summed E-state index contributed by atoms with van der Waals surface area (Å²) in [6, 6.07) is 12.4. The van der Waals surface area contributed by atoms with Crippen LogP contribution in [0.2, 0.25) is 10.0 Å². The Morgan fingerprint density at radius 3 is 2.38 bits per heavy atom. The van der Waals surface area contributed by atoms with Gasteiger partial charge in [0.15, 0.2) is 5.69 Å². The maximum atomic E-state index is 12.4. The molecule has 0 bridgehead atoms. The zero-order chi connectivity index (χ0) is 24.6. The number of aliphatic hydroxyl groups excluding tert-OH is 1. The first-order valence-corrected chi connectivity index (χ1v) is 12.8. The number of carbonyl (C=O) groups is 1. The van der Waals surface area contributed by atoms with Crippen molar-refractivity contribution >= 4 is 52.3 Å². The summed E-state index contributed by atoms with van der Waals surface area (Å²) in [7, 11) is 0. The van der Waals surface area contributed by atoms with Gasteiger partial charge in [-0.15, -0.1) is 11.8 Å². The minimum Gasteiger partial charge on any atom is -0.476 e. The van der Waals surface area contributed by atoms with E-state index in [1.165, 1.54) is 16.0 Å². The highest BCUT2D eigenvalue weighted by Gasteiger charge is 2.26. The van der Waals surface area contributed by atoms with E-state index in [2.05, 4.69) is 18.9 Å². The maximum Gasteiger partial charge on any atom is 0.355 e. The predicted octanol–water partition coefficient (Wildman–Crippen LogP) is 6.97. The number of aromatic carboxylic acids is 1. The highest BCUT2D eigenvalue weighted by Crippen LogP contribution is 2.42. The van der Waals surface area contributed by atoms with Gasteiger partial charge in [-0.25, -0.2) is 9.78 Å². The molecule has 2 aromatic carbocycles. The lowest BCUT2D eigenvalue weighted by Crippen LogP contribution is -2.09. The van der Waals surface area contributed by atoms with E-state index in [1.807, 2.05) is 6.07 Å². The molecule has 0 amide bonds. The van der Waals surface area contributed by atoms with Crippen molar-refractivity contribution in [3.05, 3.63) is 69.5 Å². The van der Waals surface area contributed by atoms with Crippen LogP contribution in [0.4, 0.5) is 0 Å². The second-order valence-corrected chi connectivity index (χ2v) is 11.4. The third-order valence-electron chi connectivity index (χ3n) is 4.99. The maximum absolute atomic E-state index is 12.4. The number of aromatic nitrogens is 3. The van der Waals surface area contributed by atoms with Gasteiger partial charge in [-0.3, -0.25) is 0 Å². The molecule has 4 rings (SSSR count). The van der Waals surface area contributed by atoms with Crippen molar-refractivity contribution < 1.29 is 15.0 Å². The van der Waals surface area contributed by atoms with Crippen molar-refractivity contribution in [1.82, 2.24) is 14.8 Å². The SMILES string of the molecule is Cc1nn(-c2nc(-c3ccc(Cl)c(Cl)c3)c(SC(C)C)s2)c(C(=O)O)c1-c1ccc(CO)cc1. The molecule has 0 aliphatic carbocycles. The summed E-state index contributed by atoms with van der Waals surface area (Å²) in [5.74, 6) is -1.11. The second kappa shape index (κ2) is 10.1. The number of carboxylic acid groups (broad SMARTS) is 1. The van der Waals surface area contributed by atoms with Crippen LogP contribution in [0.1, 0.15) is 35.6 Å². The van der Waals surface area contributed by atoms with E-state index in [-0.39, 0.29) is 17.6 Å². The summed E-state index contributed by atoms with van der Waals surface area (Å²) < 4.78 is 2.32. The van der Waals surface area contributed by atoms with Crippen LogP contribution < -0.4 is 0 Å². The molecule has 176 valence electrons. The predicted molar refractivity (Wildman–Crippen MR) is 139 cm³/mol. The first-order chi connectivity index (χ1) is 16.2. The Bertz CT molecular complexity index is 1360. The van der Waals surface area contributed by atoms with Crippen LogP contribution in [0.3, 0.4) is 0 Å². The molecule has 0 saturated carbocycles. The van der Waals surface area contributed by atoms with Crippen LogP contribution in [-0.4, -0.2) is 36.2 Å². The van der Waals surface area contributed by atoms with Crippen molar-refractivity contribution in [3.63, 3.8) is 0 Å². The molecule has 34 heavy (non-hydrogen) atoms. The molecule has 6 nitrogen and oxygen atoms in total. The molecular weight excluding hydrogens is 513 g/mol. The number of thiazole rings is 1. The van der Waals surface area contributed by atoms with Gasteiger partial charge in [0.2, 0.25) is 5.13 Å². The number of aliphatic hydroxyl groups is 1. The van der Waals surface area contributed by atoms with Crippen LogP contribution in [0.5, 0.6) is 0 Å². The molecule has 0 unspecified atom stereocenters. The van der Waals surface area contributed by atoms with Crippen molar-refractivity contribution in [1.29, 1.82) is 0 Å². The molecule has 2 N–H and O–H groups in total. The number of aryl methyl sites for hydroxylation is 1. The summed E-state index contributed by atoms with van der Waals surface area (Å²) in [6.07, 6.45) is 0. The number of hydrogen-bond acceptors (Lipinski definition) is 6. The zero-order valence-electron chi connectivity index (χ0n) is 18.5. The van der Waals surface area contributed by atoms with Gasteiger partial charge in [-0.2, -0.15) is 9.78 Å². The molecule has 0 spiro atoms. The number of hydrogen-bond donors (Lipinski definition) is 2. The standard InChI is InChI=1S/C24H21Cl2N3O3S2/c1-12(2)33-23-20(16-8-9-17(25)18(26)10-16)27-24(34-23)29-21(22(31)32)19(13(3)28-29)15-6-4-14(11-30)5-7-15/h4-10,12,30H,11H2,1-3H3,(H,31,32). The Balaban J connectivity index is 1.89. The van der Waals surface area contributed by atoms with Crippen molar-refractivity contribution in [2.24, 2.45) is 0 Å². The zero-order valence-corrected chi connectivity index (χ0v) is 21.7.